The molecule has 3 rings (SSSR count). The molecule has 134 valence electrons. The molecule has 1 N–H and O–H groups in total. The molecular formula is C17H25NO5S. The molecule has 4 atom stereocenters. The van der Waals surface area contributed by atoms with Gasteiger partial charge in [0.1, 0.15) is 5.75 Å². The van der Waals surface area contributed by atoms with Crippen molar-refractivity contribution in [3.63, 3.8) is 0 Å². The fourth-order valence-electron chi connectivity index (χ4n) is 3.96. The van der Waals surface area contributed by atoms with E-state index in [0.717, 1.165) is 12.0 Å². The molecule has 1 aromatic carbocycles. The lowest BCUT2D eigenvalue weighted by Crippen LogP contribution is -2.62. The molecular weight excluding hydrogens is 330 g/mol. The van der Waals surface area contributed by atoms with Crippen LogP contribution in [-0.4, -0.2) is 48.0 Å². The number of sulfonamides is 1. The topological polar surface area (TPSA) is 73.9 Å². The quantitative estimate of drug-likeness (QED) is 0.840. The minimum absolute atomic E-state index is 0.0601. The van der Waals surface area contributed by atoms with E-state index in [1.54, 1.807) is 27.2 Å². The molecule has 0 spiro atoms. The van der Waals surface area contributed by atoms with Gasteiger partial charge in [0.15, 0.2) is 0 Å². The van der Waals surface area contributed by atoms with E-state index in [-0.39, 0.29) is 28.9 Å². The Kier molecular flexibility index (Phi) is 4.88. The van der Waals surface area contributed by atoms with Gasteiger partial charge in [-0.25, -0.2) is 13.1 Å². The van der Waals surface area contributed by atoms with E-state index in [1.807, 2.05) is 13.0 Å². The summed E-state index contributed by atoms with van der Waals surface area (Å²) >= 11 is 0. The van der Waals surface area contributed by atoms with Crippen LogP contribution in [0.4, 0.5) is 0 Å². The average Bonchev–Trinajstić information content (AvgIpc) is 2.95. The van der Waals surface area contributed by atoms with Crippen LogP contribution in [0.1, 0.15) is 17.5 Å². The van der Waals surface area contributed by atoms with Crippen LogP contribution >= 0.6 is 0 Å². The Bertz CT molecular complexity index is 718. The van der Waals surface area contributed by atoms with Crippen molar-refractivity contribution in [1.82, 2.24) is 4.72 Å². The highest BCUT2D eigenvalue weighted by Crippen LogP contribution is 2.44. The summed E-state index contributed by atoms with van der Waals surface area (Å²) < 4.78 is 45.0. The molecule has 0 bridgehead atoms. The predicted octanol–water partition coefficient (Wildman–Crippen LogP) is 1.64. The fourth-order valence-corrected chi connectivity index (χ4v) is 5.54. The van der Waals surface area contributed by atoms with Crippen LogP contribution in [0.2, 0.25) is 0 Å². The van der Waals surface area contributed by atoms with Crippen molar-refractivity contribution >= 4 is 10.0 Å². The minimum Gasteiger partial charge on any atom is -0.496 e. The maximum absolute atomic E-state index is 12.9. The van der Waals surface area contributed by atoms with Gasteiger partial charge >= 0.3 is 0 Å². The molecule has 0 radical (unpaired) electrons. The van der Waals surface area contributed by atoms with Crippen molar-refractivity contribution in [2.45, 2.75) is 37.3 Å². The van der Waals surface area contributed by atoms with E-state index in [2.05, 4.69) is 4.72 Å². The van der Waals surface area contributed by atoms with Crippen LogP contribution in [0.25, 0.3) is 0 Å². The second-order valence-electron chi connectivity index (χ2n) is 6.64. The highest BCUT2D eigenvalue weighted by Gasteiger charge is 2.55. The third kappa shape index (κ3) is 2.94. The maximum atomic E-state index is 12.9. The highest BCUT2D eigenvalue weighted by molar-refractivity contribution is 7.89. The minimum atomic E-state index is -3.63. The monoisotopic (exact) mass is 355 g/mol. The summed E-state index contributed by atoms with van der Waals surface area (Å²) in [5.74, 6) is 0.864. The van der Waals surface area contributed by atoms with Gasteiger partial charge in [-0.15, -0.1) is 0 Å². The first-order valence-electron chi connectivity index (χ1n) is 8.17. The number of methoxy groups -OCH3 is 2. The van der Waals surface area contributed by atoms with E-state index in [9.17, 15) is 8.42 Å². The first kappa shape index (κ1) is 17.7. The van der Waals surface area contributed by atoms with Gasteiger partial charge in [-0.2, -0.15) is 0 Å². The average molecular weight is 355 g/mol. The smallest absolute Gasteiger partial charge is 0.241 e. The third-order valence-corrected chi connectivity index (χ3v) is 6.76. The van der Waals surface area contributed by atoms with Crippen molar-refractivity contribution in [2.75, 3.05) is 27.4 Å². The Morgan fingerprint density at radius 1 is 1.25 bits per heavy atom. The first-order chi connectivity index (χ1) is 11.4. The number of rotatable bonds is 6. The summed E-state index contributed by atoms with van der Waals surface area (Å²) in [6.07, 6.45) is 0.986. The lowest BCUT2D eigenvalue weighted by molar-refractivity contribution is -0.0775. The number of ether oxygens (including phenoxy) is 3. The molecule has 1 saturated carbocycles. The van der Waals surface area contributed by atoms with Crippen LogP contribution in [-0.2, 0) is 19.5 Å². The molecule has 1 heterocycles. The second kappa shape index (κ2) is 6.63. The van der Waals surface area contributed by atoms with E-state index >= 15 is 0 Å². The lowest BCUT2D eigenvalue weighted by atomic mass is 9.68. The molecule has 1 aromatic rings. The van der Waals surface area contributed by atoms with Crippen LogP contribution in [0.15, 0.2) is 17.0 Å². The zero-order valence-corrected chi connectivity index (χ0v) is 15.4. The standard InChI is InChI=1S/C17H25NO5S/c1-10-7-11(2)15(8-14(10)22-4)24(19,20)18-16-12-5-6-23-17(12)13(16)9-21-3/h7-8,12-13,16-18H,5-6,9H2,1-4H3/t12-,13+,16-,17-/m0/s1. The molecule has 2 aliphatic rings. The summed E-state index contributed by atoms with van der Waals surface area (Å²) in [6, 6.07) is 3.29. The molecule has 2 fully saturated rings. The molecule has 1 aliphatic carbocycles. The van der Waals surface area contributed by atoms with Crippen molar-refractivity contribution in [2.24, 2.45) is 11.8 Å². The van der Waals surface area contributed by atoms with E-state index < -0.39 is 10.0 Å². The largest absolute Gasteiger partial charge is 0.496 e. The highest BCUT2D eigenvalue weighted by atomic mass is 32.2. The van der Waals surface area contributed by atoms with Gasteiger partial charge in [0.25, 0.3) is 0 Å². The van der Waals surface area contributed by atoms with Crippen molar-refractivity contribution in [3.05, 3.63) is 23.3 Å². The zero-order valence-electron chi connectivity index (χ0n) is 14.5. The number of fused-ring (bicyclic) bond motifs is 1. The van der Waals surface area contributed by atoms with Crippen LogP contribution in [0.5, 0.6) is 5.75 Å². The van der Waals surface area contributed by atoms with E-state index in [1.165, 1.54) is 0 Å². The van der Waals surface area contributed by atoms with Gasteiger partial charge < -0.3 is 14.2 Å². The van der Waals surface area contributed by atoms with Crippen LogP contribution in [0, 0.1) is 25.7 Å². The van der Waals surface area contributed by atoms with Gasteiger partial charge in [0.2, 0.25) is 10.0 Å². The molecule has 0 aromatic heterocycles. The van der Waals surface area contributed by atoms with Gasteiger partial charge in [0.05, 0.1) is 24.7 Å². The zero-order chi connectivity index (χ0) is 17.5. The van der Waals surface area contributed by atoms with E-state index in [0.29, 0.717) is 24.5 Å². The summed E-state index contributed by atoms with van der Waals surface area (Å²) in [5.41, 5.74) is 1.63. The molecule has 6 nitrogen and oxygen atoms in total. The Morgan fingerprint density at radius 2 is 2.00 bits per heavy atom. The van der Waals surface area contributed by atoms with Crippen LogP contribution in [0.3, 0.4) is 0 Å². The molecule has 24 heavy (non-hydrogen) atoms. The Hall–Kier alpha value is -1.15. The fraction of sp³-hybridized carbons (Fsp3) is 0.647. The molecule has 7 heteroatoms. The number of benzene rings is 1. The van der Waals surface area contributed by atoms with Crippen molar-refractivity contribution in [1.29, 1.82) is 0 Å². The molecule has 1 aliphatic heterocycles. The summed E-state index contributed by atoms with van der Waals surface area (Å²) in [5, 5.41) is 0. The van der Waals surface area contributed by atoms with Crippen LogP contribution < -0.4 is 9.46 Å². The third-order valence-electron chi connectivity index (χ3n) is 5.16. The maximum Gasteiger partial charge on any atom is 0.241 e. The number of nitrogens with one attached hydrogen (secondary N) is 1. The number of hydrogen-bond donors (Lipinski definition) is 1. The Morgan fingerprint density at radius 3 is 2.67 bits per heavy atom. The number of hydrogen-bond acceptors (Lipinski definition) is 5. The van der Waals surface area contributed by atoms with Gasteiger partial charge in [0, 0.05) is 37.7 Å². The summed E-state index contributed by atoms with van der Waals surface area (Å²) in [7, 11) is -0.459. The first-order valence-corrected chi connectivity index (χ1v) is 9.65. The lowest BCUT2D eigenvalue weighted by Gasteiger charge is -2.47. The van der Waals surface area contributed by atoms with Crippen molar-refractivity contribution in [3.8, 4) is 5.75 Å². The number of aryl methyl sites for hydroxylation is 2. The summed E-state index contributed by atoms with van der Waals surface area (Å²) in [4.78, 5) is 0.267. The van der Waals surface area contributed by atoms with Gasteiger partial charge in [-0.05, 0) is 31.4 Å². The summed E-state index contributed by atoms with van der Waals surface area (Å²) in [6.45, 7) is 4.88. The second-order valence-corrected chi connectivity index (χ2v) is 8.32. The van der Waals surface area contributed by atoms with Gasteiger partial charge in [-0.3, -0.25) is 0 Å². The molecule has 1 saturated heterocycles. The molecule has 0 amide bonds. The van der Waals surface area contributed by atoms with Gasteiger partial charge in [-0.1, -0.05) is 6.07 Å². The Balaban J connectivity index is 1.86. The normalized spacial score (nSPS) is 29.2. The molecule has 0 unspecified atom stereocenters. The van der Waals surface area contributed by atoms with Crippen molar-refractivity contribution < 1.29 is 22.6 Å². The van der Waals surface area contributed by atoms with E-state index in [4.69, 9.17) is 14.2 Å². The Labute approximate surface area is 143 Å². The SMILES string of the molecule is COC[C@@H]1[C@@H](NS(=O)(=O)c2cc(OC)c(C)cc2C)[C@@H]2CCO[C@H]12. The predicted molar refractivity (Wildman–Crippen MR) is 89.8 cm³/mol.